The number of nitrogens with zero attached hydrogens (tertiary/aromatic N) is 3. The molecule has 0 saturated carbocycles. The van der Waals surface area contributed by atoms with Crippen LogP contribution in [0.1, 0.15) is 0 Å². The smallest absolute Gasteiger partial charge is 0.0540 e. The number of thiophene rings is 3. The minimum atomic E-state index is 1.12. The van der Waals surface area contributed by atoms with E-state index in [0.29, 0.717) is 0 Å². The molecule has 0 aliphatic carbocycles. The first kappa shape index (κ1) is 82.8. The number of rotatable bonds is 15. The van der Waals surface area contributed by atoms with Gasteiger partial charge < -0.3 is 14.7 Å². The minimum absolute atomic E-state index is 1.12. The Morgan fingerprint density at radius 3 is 0.717 bits per heavy atom. The maximum absolute atomic E-state index is 2.42. The van der Waals surface area contributed by atoms with E-state index >= 15 is 0 Å². The standard InChI is InChI=1S/3C44H29NS/c1-3-11-30(12-4-1)31-21-25-35(26-22-31)45(40-17-9-7-15-37(40)32-13-5-2-6-14-32)36-27-23-33-19-20-34-24-28-42-44(43(34)39(33)29-36)38-16-8-10-18-41(38)46-42;1-3-10-30(11-4-1)32-20-24-36(25-21-32)45(37-15-9-14-35(28-37)31-12-5-2-6-13-31)38-26-22-33-18-19-34-23-27-42-44(43(34)40(33)29-38)39-16-7-8-17-41(39)46-42;1-3-9-30(10-4-1)32-17-23-36(24-18-32)45(37-25-19-33(20-26-37)31-11-5-2-6-12-31)38-27-21-34-15-16-35-22-28-42-44(43(35)40(34)29-38)39-13-7-8-14-41(39)46-42/h3*1-29H. The average Bonchev–Trinajstić information content (AvgIpc) is 1.60. The molecule has 0 spiro atoms. The zero-order valence-electron chi connectivity index (χ0n) is 75.3. The van der Waals surface area contributed by atoms with Gasteiger partial charge in [0.15, 0.2) is 0 Å². The van der Waals surface area contributed by atoms with Gasteiger partial charge >= 0.3 is 0 Å². The molecule has 0 saturated heterocycles. The third-order valence-electron chi connectivity index (χ3n) is 27.1. The molecular formula is C132H87N3S3. The van der Waals surface area contributed by atoms with Crippen molar-refractivity contribution < 1.29 is 0 Å². The molecule has 6 heteroatoms. The van der Waals surface area contributed by atoms with E-state index in [1.54, 1.807) is 0 Å². The summed E-state index contributed by atoms with van der Waals surface area (Å²) in [5.41, 5.74) is 24.7. The number of benzene rings is 24. The molecular weight excluding hydrogens is 1720 g/mol. The second-order valence-electron chi connectivity index (χ2n) is 35.3. The minimum Gasteiger partial charge on any atom is -0.310 e. The van der Waals surface area contributed by atoms with Crippen LogP contribution < -0.4 is 14.7 Å². The number of para-hydroxylation sites is 1. The van der Waals surface area contributed by atoms with E-state index in [0.717, 1.165) is 51.2 Å². The second kappa shape index (κ2) is 36.0. The SMILES string of the molecule is c1ccc(-c2ccc(N(c3ccc(-c4ccccc4)cc3)c3ccc4ccc5ccc6sc7ccccc7c6c5c4c3)cc2)cc1.c1ccc(-c2ccc(N(c3ccc4ccc5ccc6sc7ccccc7c6c5c4c3)c3ccccc3-c3ccccc3)cc2)cc1.c1ccc(-c2ccc(N(c3cccc(-c4ccccc4)c3)c3ccc4ccc5ccc6sc7ccccc7c6c5c4c3)cc2)cc1. The van der Waals surface area contributed by atoms with E-state index in [-0.39, 0.29) is 0 Å². The maximum atomic E-state index is 2.42. The highest BCUT2D eigenvalue weighted by Gasteiger charge is 2.24. The van der Waals surface area contributed by atoms with Gasteiger partial charge in [-0.2, -0.15) is 0 Å². The normalized spacial score (nSPS) is 11.5. The van der Waals surface area contributed by atoms with E-state index in [9.17, 15) is 0 Å². The summed E-state index contributed by atoms with van der Waals surface area (Å²) in [7, 11) is 0. The fourth-order valence-electron chi connectivity index (χ4n) is 20.5. The summed E-state index contributed by atoms with van der Waals surface area (Å²) in [6.07, 6.45) is 0. The van der Waals surface area contributed by atoms with Gasteiger partial charge in [0.2, 0.25) is 0 Å². The van der Waals surface area contributed by atoms with E-state index in [4.69, 9.17) is 0 Å². The van der Waals surface area contributed by atoms with Crippen LogP contribution in [0.3, 0.4) is 0 Å². The zero-order valence-corrected chi connectivity index (χ0v) is 77.7. The predicted molar refractivity (Wildman–Crippen MR) is 600 cm³/mol. The Hall–Kier alpha value is -17.1. The van der Waals surface area contributed by atoms with Gasteiger partial charge in [0.1, 0.15) is 0 Å². The van der Waals surface area contributed by atoms with Gasteiger partial charge in [-0.3, -0.25) is 0 Å². The van der Waals surface area contributed by atoms with Crippen LogP contribution in [0.25, 0.3) is 192 Å². The summed E-state index contributed by atoms with van der Waals surface area (Å²) in [5, 5.41) is 23.4. The third kappa shape index (κ3) is 15.6. The number of anilines is 9. The lowest BCUT2D eigenvalue weighted by molar-refractivity contribution is 1.29. The van der Waals surface area contributed by atoms with Crippen molar-refractivity contribution in [2.75, 3.05) is 14.7 Å². The van der Waals surface area contributed by atoms with Crippen LogP contribution in [0.15, 0.2) is 528 Å². The molecule has 0 aliphatic heterocycles. The molecule has 3 nitrogen and oxygen atoms in total. The first-order valence-electron chi connectivity index (χ1n) is 47.0. The van der Waals surface area contributed by atoms with Crippen LogP contribution in [-0.2, 0) is 0 Å². The molecule has 0 fully saturated rings. The third-order valence-corrected chi connectivity index (χ3v) is 30.5. The lowest BCUT2D eigenvalue weighted by Gasteiger charge is -2.28. The monoisotopic (exact) mass is 1810 g/mol. The van der Waals surface area contributed by atoms with Crippen molar-refractivity contribution in [1.82, 2.24) is 0 Å². The molecule has 0 bridgehead atoms. The fourth-order valence-corrected chi connectivity index (χ4v) is 23.8. The summed E-state index contributed by atoms with van der Waals surface area (Å²) < 4.78 is 7.98. The van der Waals surface area contributed by atoms with Gasteiger partial charge in [-0.1, -0.05) is 388 Å². The van der Waals surface area contributed by atoms with Crippen molar-refractivity contribution >= 4 is 210 Å². The van der Waals surface area contributed by atoms with Crippen LogP contribution in [0, 0.1) is 0 Å². The Balaban J connectivity index is 0.000000110. The van der Waals surface area contributed by atoms with Crippen molar-refractivity contribution in [2.24, 2.45) is 0 Å². The number of hydrogen-bond acceptors (Lipinski definition) is 6. The molecule has 0 unspecified atom stereocenters. The molecule has 0 aliphatic rings. The highest BCUT2D eigenvalue weighted by molar-refractivity contribution is 7.27. The first-order valence-corrected chi connectivity index (χ1v) is 49.5. The summed E-state index contributed by atoms with van der Waals surface area (Å²) in [6, 6.07) is 192. The molecule has 0 amide bonds. The van der Waals surface area contributed by atoms with Crippen LogP contribution in [0.5, 0.6) is 0 Å². The van der Waals surface area contributed by atoms with E-state index in [1.807, 2.05) is 34.0 Å². The quantitative estimate of drug-likeness (QED) is 0.0947. The highest BCUT2D eigenvalue weighted by Crippen LogP contribution is 2.51. The van der Waals surface area contributed by atoms with Gasteiger partial charge in [-0.25, -0.2) is 0 Å². The van der Waals surface area contributed by atoms with Crippen molar-refractivity contribution in [3.63, 3.8) is 0 Å². The first-order chi connectivity index (χ1) is 68.4. The predicted octanol–water partition coefficient (Wildman–Crippen LogP) is 39.5. The van der Waals surface area contributed by atoms with Gasteiger partial charge in [0.25, 0.3) is 0 Å². The van der Waals surface area contributed by atoms with Gasteiger partial charge in [-0.15, -0.1) is 34.0 Å². The molecule has 3 heterocycles. The highest BCUT2D eigenvalue weighted by atomic mass is 32.1. The lowest BCUT2D eigenvalue weighted by Crippen LogP contribution is -2.11. The maximum Gasteiger partial charge on any atom is 0.0540 e. The van der Waals surface area contributed by atoms with Gasteiger partial charge in [0, 0.05) is 112 Å². The number of fused-ring (bicyclic) bond motifs is 21. The largest absolute Gasteiger partial charge is 0.310 e. The van der Waals surface area contributed by atoms with Crippen LogP contribution in [0.2, 0.25) is 0 Å². The van der Waals surface area contributed by atoms with E-state index in [2.05, 4.69) is 542 Å². The summed E-state index contributed by atoms with van der Waals surface area (Å²) in [4.78, 5) is 7.19. The zero-order chi connectivity index (χ0) is 91.4. The summed E-state index contributed by atoms with van der Waals surface area (Å²) >= 11 is 5.63. The Morgan fingerprint density at radius 1 is 0.123 bits per heavy atom. The molecule has 0 radical (unpaired) electrons. The van der Waals surface area contributed by atoms with Gasteiger partial charge in [0.05, 0.1) is 5.69 Å². The lowest BCUT2D eigenvalue weighted by atomic mass is 9.96. The van der Waals surface area contributed by atoms with Crippen LogP contribution >= 0.6 is 34.0 Å². The molecule has 0 N–H and O–H groups in total. The Labute approximate surface area is 813 Å². The number of hydrogen-bond donors (Lipinski definition) is 0. The van der Waals surface area contributed by atoms with Crippen LogP contribution in [0.4, 0.5) is 51.2 Å². The van der Waals surface area contributed by atoms with Gasteiger partial charge in [-0.05, 0) is 265 Å². The van der Waals surface area contributed by atoms with E-state index in [1.165, 1.54) is 192 Å². The molecule has 0 atom stereocenters. The summed E-state index contributed by atoms with van der Waals surface area (Å²) in [5.74, 6) is 0. The molecule has 24 aromatic carbocycles. The Bertz CT molecular complexity index is 9140. The summed E-state index contributed by atoms with van der Waals surface area (Å²) in [6.45, 7) is 0. The fraction of sp³-hybridized carbons (Fsp3) is 0. The molecule has 138 heavy (non-hydrogen) atoms. The molecule has 3 aromatic heterocycles. The molecule has 27 rings (SSSR count). The molecule has 648 valence electrons. The van der Waals surface area contributed by atoms with Crippen molar-refractivity contribution in [1.29, 1.82) is 0 Å². The Morgan fingerprint density at radius 2 is 0.362 bits per heavy atom. The van der Waals surface area contributed by atoms with E-state index < -0.39 is 0 Å². The second-order valence-corrected chi connectivity index (χ2v) is 38.5. The average molecular weight is 1810 g/mol. The van der Waals surface area contributed by atoms with Crippen molar-refractivity contribution in [2.45, 2.75) is 0 Å². The van der Waals surface area contributed by atoms with Crippen molar-refractivity contribution in [3.8, 4) is 66.8 Å². The van der Waals surface area contributed by atoms with Crippen LogP contribution in [-0.4, -0.2) is 0 Å². The Kier molecular flexibility index (Phi) is 21.6. The topological polar surface area (TPSA) is 9.72 Å². The molecule has 27 aromatic rings. The van der Waals surface area contributed by atoms with Crippen molar-refractivity contribution in [3.05, 3.63) is 528 Å².